The zero-order chi connectivity index (χ0) is 15.8. The van der Waals surface area contributed by atoms with Crippen molar-refractivity contribution < 1.29 is 4.39 Å². The first-order valence-electron chi connectivity index (χ1n) is 7.03. The topological polar surface area (TPSA) is 36.4 Å². The summed E-state index contributed by atoms with van der Waals surface area (Å²) in [5.74, 6) is 0.498. The number of hydrogen-bond donors (Lipinski definition) is 2. The molecule has 3 nitrogen and oxygen atoms in total. The molecule has 0 radical (unpaired) electrons. The average molecular weight is 445 g/mol. The molecule has 0 heterocycles. The maximum absolute atomic E-state index is 12.9. The molecule has 0 amide bonds. The number of thioether (sulfide) groups is 1. The van der Waals surface area contributed by atoms with E-state index in [1.54, 1.807) is 30.9 Å². The van der Waals surface area contributed by atoms with Crippen molar-refractivity contribution in [3.8, 4) is 0 Å². The van der Waals surface area contributed by atoms with Crippen LogP contribution in [0.3, 0.4) is 0 Å². The van der Waals surface area contributed by atoms with Crippen LogP contribution in [0.4, 0.5) is 4.39 Å². The van der Waals surface area contributed by atoms with Gasteiger partial charge in [0, 0.05) is 25.0 Å². The second kappa shape index (κ2) is 10.5. The van der Waals surface area contributed by atoms with E-state index in [0.29, 0.717) is 13.1 Å². The molecule has 23 heavy (non-hydrogen) atoms. The molecule has 2 aromatic rings. The number of guanidine groups is 1. The quantitative estimate of drug-likeness (QED) is 0.316. The minimum Gasteiger partial charge on any atom is -0.352 e. The molecule has 0 saturated carbocycles. The maximum Gasteiger partial charge on any atom is 0.191 e. The van der Waals surface area contributed by atoms with Gasteiger partial charge in [-0.25, -0.2) is 4.39 Å². The Morgan fingerprint density at radius 2 is 1.43 bits per heavy atom. The van der Waals surface area contributed by atoms with E-state index < -0.39 is 0 Å². The number of halogens is 2. The second-order valence-corrected chi connectivity index (χ2v) is 5.63. The molecule has 0 aromatic heterocycles. The Kier molecular flexibility index (Phi) is 9.01. The van der Waals surface area contributed by atoms with Crippen LogP contribution in [0.5, 0.6) is 0 Å². The van der Waals surface area contributed by atoms with E-state index in [1.165, 1.54) is 22.6 Å². The van der Waals surface area contributed by atoms with E-state index in [4.69, 9.17) is 0 Å². The number of nitrogens with one attached hydrogen (secondary N) is 2. The molecule has 0 bridgehead atoms. The molecule has 6 heteroatoms. The highest BCUT2D eigenvalue weighted by Gasteiger charge is 2.00. The SMILES string of the molecule is CN=C(NCc1ccc(F)cc1)NCc1ccc(SC)cc1.I. The summed E-state index contributed by atoms with van der Waals surface area (Å²) in [5, 5.41) is 6.47. The molecule has 2 rings (SSSR count). The molecule has 0 aliphatic rings. The van der Waals surface area contributed by atoms with Crippen molar-refractivity contribution in [1.82, 2.24) is 10.6 Å². The first-order valence-corrected chi connectivity index (χ1v) is 8.25. The molecule has 0 aliphatic carbocycles. The number of rotatable bonds is 5. The zero-order valence-corrected chi connectivity index (χ0v) is 16.3. The number of benzene rings is 2. The van der Waals surface area contributed by atoms with Crippen molar-refractivity contribution in [3.05, 3.63) is 65.5 Å². The largest absolute Gasteiger partial charge is 0.352 e. The van der Waals surface area contributed by atoms with Crippen LogP contribution in [0.1, 0.15) is 11.1 Å². The van der Waals surface area contributed by atoms with Crippen LogP contribution in [-0.4, -0.2) is 19.3 Å². The molecular weight excluding hydrogens is 424 g/mol. The van der Waals surface area contributed by atoms with E-state index in [0.717, 1.165) is 11.5 Å². The molecule has 0 spiro atoms. The van der Waals surface area contributed by atoms with Gasteiger partial charge in [0.1, 0.15) is 5.82 Å². The van der Waals surface area contributed by atoms with Crippen LogP contribution >= 0.6 is 35.7 Å². The van der Waals surface area contributed by atoms with Gasteiger partial charge in [-0.05, 0) is 41.6 Å². The van der Waals surface area contributed by atoms with Crippen LogP contribution in [0.2, 0.25) is 0 Å². The van der Waals surface area contributed by atoms with E-state index >= 15 is 0 Å². The highest BCUT2D eigenvalue weighted by atomic mass is 127. The lowest BCUT2D eigenvalue weighted by atomic mass is 10.2. The normalized spacial score (nSPS) is 10.8. The van der Waals surface area contributed by atoms with Crippen molar-refractivity contribution in [2.75, 3.05) is 13.3 Å². The van der Waals surface area contributed by atoms with Gasteiger partial charge in [-0.2, -0.15) is 0 Å². The average Bonchev–Trinajstić information content (AvgIpc) is 2.57. The maximum atomic E-state index is 12.9. The summed E-state index contributed by atoms with van der Waals surface area (Å²) in [6, 6.07) is 14.9. The molecule has 0 atom stereocenters. The molecule has 0 aliphatic heterocycles. The van der Waals surface area contributed by atoms with Gasteiger partial charge in [0.05, 0.1) is 0 Å². The predicted molar refractivity (Wildman–Crippen MR) is 107 cm³/mol. The van der Waals surface area contributed by atoms with Gasteiger partial charge in [-0.15, -0.1) is 35.7 Å². The first-order chi connectivity index (χ1) is 10.7. The Hall–Kier alpha value is -1.28. The monoisotopic (exact) mass is 445 g/mol. The highest BCUT2D eigenvalue weighted by molar-refractivity contribution is 14.0. The summed E-state index contributed by atoms with van der Waals surface area (Å²) in [6.07, 6.45) is 2.06. The van der Waals surface area contributed by atoms with Gasteiger partial charge in [-0.3, -0.25) is 4.99 Å². The lowest BCUT2D eigenvalue weighted by molar-refractivity contribution is 0.626. The van der Waals surface area contributed by atoms with Crippen molar-refractivity contribution in [2.45, 2.75) is 18.0 Å². The summed E-state index contributed by atoms with van der Waals surface area (Å²) in [4.78, 5) is 5.44. The summed E-state index contributed by atoms with van der Waals surface area (Å²) < 4.78 is 12.9. The van der Waals surface area contributed by atoms with E-state index in [2.05, 4.69) is 46.1 Å². The van der Waals surface area contributed by atoms with Crippen LogP contribution in [0.15, 0.2) is 58.4 Å². The minimum absolute atomic E-state index is 0. The zero-order valence-electron chi connectivity index (χ0n) is 13.2. The van der Waals surface area contributed by atoms with E-state index in [-0.39, 0.29) is 29.8 Å². The Bertz CT molecular complexity index is 615. The van der Waals surface area contributed by atoms with Gasteiger partial charge >= 0.3 is 0 Å². The van der Waals surface area contributed by atoms with Crippen molar-refractivity contribution in [1.29, 1.82) is 0 Å². The Labute approximate surface area is 158 Å². The summed E-state index contributed by atoms with van der Waals surface area (Å²) >= 11 is 1.73. The third kappa shape index (κ3) is 6.78. The highest BCUT2D eigenvalue weighted by Crippen LogP contribution is 2.14. The van der Waals surface area contributed by atoms with Crippen molar-refractivity contribution in [2.24, 2.45) is 4.99 Å². The lowest BCUT2D eigenvalue weighted by Crippen LogP contribution is -2.36. The Balaban J connectivity index is 0.00000264. The second-order valence-electron chi connectivity index (χ2n) is 4.75. The van der Waals surface area contributed by atoms with Crippen LogP contribution in [0.25, 0.3) is 0 Å². The first kappa shape index (κ1) is 19.8. The van der Waals surface area contributed by atoms with Gasteiger partial charge in [-0.1, -0.05) is 24.3 Å². The lowest BCUT2D eigenvalue weighted by Gasteiger charge is -2.12. The fourth-order valence-corrected chi connectivity index (χ4v) is 2.35. The van der Waals surface area contributed by atoms with Crippen LogP contribution in [-0.2, 0) is 13.1 Å². The predicted octanol–water partition coefficient (Wildman–Crippen LogP) is 4.03. The van der Waals surface area contributed by atoms with Gasteiger partial charge < -0.3 is 10.6 Å². The standard InChI is InChI=1S/C17H20FN3S.HI/c1-19-17(20-11-13-3-7-15(18)8-4-13)21-12-14-5-9-16(22-2)10-6-14;/h3-10H,11-12H2,1-2H3,(H2,19,20,21);1H. The summed E-state index contributed by atoms with van der Waals surface area (Å²) in [5.41, 5.74) is 2.20. The molecule has 0 saturated heterocycles. The molecule has 124 valence electrons. The molecule has 2 N–H and O–H groups in total. The van der Waals surface area contributed by atoms with Crippen LogP contribution < -0.4 is 10.6 Å². The van der Waals surface area contributed by atoms with E-state index in [1.807, 2.05) is 0 Å². The Morgan fingerprint density at radius 1 is 0.957 bits per heavy atom. The molecule has 2 aromatic carbocycles. The van der Waals surface area contributed by atoms with Gasteiger partial charge in [0.25, 0.3) is 0 Å². The molecular formula is C17H21FIN3S. The number of hydrogen-bond acceptors (Lipinski definition) is 2. The van der Waals surface area contributed by atoms with Crippen molar-refractivity contribution >= 4 is 41.7 Å². The summed E-state index contributed by atoms with van der Waals surface area (Å²) in [7, 11) is 1.73. The van der Waals surface area contributed by atoms with Crippen molar-refractivity contribution in [3.63, 3.8) is 0 Å². The number of nitrogens with zero attached hydrogens (tertiary/aromatic N) is 1. The fourth-order valence-electron chi connectivity index (χ4n) is 1.94. The van der Waals surface area contributed by atoms with E-state index in [9.17, 15) is 4.39 Å². The van der Waals surface area contributed by atoms with Crippen LogP contribution in [0, 0.1) is 5.82 Å². The molecule has 0 fully saturated rings. The Morgan fingerprint density at radius 3 is 1.87 bits per heavy atom. The fraction of sp³-hybridized carbons (Fsp3) is 0.235. The third-order valence-corrected chi connectivity index (χ3v) is 3.96. The van der Waals surface area contributed by atoms with Gasteiger partial charge in [0.15, 0.2) is 5.96 Å². The third-order valence-electron chi connectivity index (χ3n) is 3.22. The minimum atomic E-state index is -0.222. The smallest absolute Gasteiger partial charge is 0.191 e. The molecule has 0 unspecified atom stereocenters. The number of aliphatic imine (C=N–C) groups is 1. The summed E-state index contributed by atoms with van der Waals surface area (Å²) in [6.45, 7) is 1.31. The van der Waals surface area contributed by atoms with Gasteiger partial charge in [0.2, 0.25) is 0 Å².